The number of aryl methyl sites for hydroxylation is 1. The molecule has 6 nitrogen and oxygen atoms in total. The maximum Gasteiger partial charge on any atom is 0.254 e. The van der Waals surface area contributed by atoms with Gasteiger partial charge >= 0.3 is 0 Å². The van der Waals surface area contributed by atoms with Gasteiger partial charge in [-0.05, 0) is 61.8 Å². The SMILES string of the molecule is COCCCN(C)C(=O)c1cc2[nH]c(C)nc2c2c1CCC1(Cc3ccccc3C1)N2. The second-order valence-corrected chi connectivity index (χ2v) is 9.10. The Hall–Kier alpha value is -2.86. The number of carbonyl (C=O) groups excluding carboxylic acids is 1. The Labute approximate surface area is 183 Å². The van der Waals surface area contributed by atoms with Crippen LogP contribution in [0, 0.1) is 6.92 Å². The van der Waals surface area contributed by atoms with E-state index in [2.05, 4.69) is 34.6 Å². The number of benzene rings is 2. The first-order valence-electron chi connectivity index (χ1n) is 11.1. The van der Waals surface area contributed by atoms with Crippen LogP contribution in [0.5, 0.6) is 0 Å². The number of amides is 1. The molecule has 3 aromatic rings. The zero-order valence-electron chi connectivity index (χ0n) is 18.5. The minimum atomic E-state index is 0.00249. The predicted molar refractivity (Wildman–Crippen MR) is 123 cm³/mol. The lowest BCUT2D eigenvalue weighted by atomic mass is 9.82. The first-order chi connectivity index (χ1) is 15.0. The van der Waals surface area contributed by atoms with E-state index in [1.165, 1.54) is 11.1 Å². The molecule has 0 unspecified atom stereocenters. The van der Waals surface area contributed by atoms with Gasteiger partial charge < -0.3 is 19.9 Å². The van der Waals surface area contributed by atoms with Crippen LogP contribution in [-0.2, 0) is 24.0 Å². The third-order valence-electron chi connectivity index (χ3n) is 6.84. The van der Waals surface area contributed by atoms with Crippen molar-refractivity contribution in [3.63, 3.8) is 0 Å². The van der Waals surface area contributed by atoms with Gasteiger partial charge in [0.05, 0.1) is 11.2 Å². The molecule has 1 spiro atoms. The van der Waals surface area contributed by atoms with Crippen LogP contribution in [0.3, 0.4) is 0 Å². The summed E-state index contributed by atoms with van der Waals surface area (Å²) >= 11 is 0. The van der Waals surface area contributed by atoms with Gasteiger partial charge in [-0.3, -0.25) is 4.79 Å². The van der Waals surface area contributed by atoms with E-state index in [9.17, 15) is 4.79 Å². The summed E-state index contributed by atoms with van der Waals surface area (Å²) in [6.45, 7) is 3.29. The lowest BCUT2D eigenvalue weighted by Crippen LogP contribution is -2.43. The highest BCUT2D eigenvalue weighted by molar-refractivity contribution is 6.04. The van der Waals surface area contributed by atoms with Gasteiger partial charge in [-0.1, -0.05) is 24.3 Å². The summed E-state index contributed by atoms with van der Waals surface area (Å²) in [5.41, 5.74) is 7.65. The summed E-state index contributed by atoms with van der Waals surface area (Å²) in [7, 11) is 3.56. The van der Waals surface area contributed by atoms with Gasteiger partial charge in [0.1, 0.15) is 11.3 Å². The molecule has 0 saturated carbocycles. The number of imidazole rings is 1. The second kappa shape index (κ2) is 7.68. The number of rotatable bonds is 5. The molecular formula is C25H30N4O2. The molecule has 2 N–H and O–H groups in total. The molecule has 5 rings (SSSR count). The van der Waals surface area contributed by atoms with E-state index in [0.717, 1.165) is 65.8 Å². The molecule has 0 bridgehead atoms. The van der Waals surface area contributed by atoms with Crippen LogP contribution in [0.15, 0.2) is 30.3 Å². The number of hydrogen-bond acceptors (Lipinski definition) is 4. The van der Waals surface area contributed by atoms with Crippen molar-refractivity contribution in [2.75, 3.05) is 32.6 Å². The summed E-state index contributed by atoms with van der Waals surface area (Å²) < 4.78 is 5.15. The molecule has 0 saturated heterocycles. The lowest BCUT2D eigenvalue weighted by molar-refractivity contribution is 0.0778. The summed E-state index contributed by atoms with van der Waals surface area (Å²) in [4.78, 5) is 23.3. The van der Waals surface area contributed by atoms with Crippen LogP contribution in [-0.4, -0.2) is 53.6 Å². The molecule has 1 aliphatic carbocycles. The van der Waals surface area contributed by atoms with Gasteiger partial charge in [0.15, 0.2) is 0 Å². The number of anilines is 1. The Balaban J connectivity index is 1.53. The fourth-order valence-electron chi connectivity index (χ4n) is 5.30. The van der Waals surface area contributed by atoms with Gasteiger partial charge in [0, 0.05) is 38.4 Å². The number of aromatic nitrogens is 2. The molecular weight excluding hydrogens is 388 g/mol. The monoisotopic (exact) mass is 418 g/mol. The van der Waals surface area contributed by atoms with Crippen LogP contribution < -0.4 is 5.32 Å². The fraction of sp³-hybridized carbons (Fsp3) is 0.440. The Morgan fingerprint density at radius 1 is 1.26 bits per heavy atom. The highest BCUT2D eigenvalue weighted by Crippen LogP contribution is 2.44. The third kappa shape index (κ3) is 3.49. The summed E-state index contributed by atoms with van der Waals surface area (Å²) in [6, 6.07) is 10.7. The smallest absolute Gasteiger partial charge is 0.254 e. The van der Waals surface area contributed by atoms with Gasteiger partial charge in [0.25, 0.3) is 5.91 Å². The normalized spacial score (nSPS) is 16.2. The Morgan fingerprint density at radius 3 is 2.71 bits per heavy atom. The van der Waals surface area contributed by atoms with Crippen LogP contribution in [0.1, 0.15) is 45.7 Å². The Bertz CT molecular complexity index is 1120. The molecule has 6 heteroatoms. The van der Waals surface area contributed by atoms with E-state index in [1.807, 2.05) is 20.0 Å². The molecule has 2 aliphatic rings. The largest absolute Gasteiger partial charge is 0.385 e. The minimum absolute atomic E-state index is 0.00249. The van der Waals surface area contributed by atoms with Crippen molar-refractivity contribution in [1.82, 2.24) is 14.9 Å². The number of hydrogen-bond donors (Lipinski definition) is 2. The molecule has 0 atom stereocenters. The zero-order chi connectivity index (χ0) is 21.6. The maximum absolute atomic E-state index is 13.4. The number of nitrogens with one attached hydrogen (secondary N) is 2. The van der Waals surface area contributed by atoms with E-state index >= 15 is 0 Å². The van der Waals surface area contributed by atoms with Crippen molar-refractivity contribution < 1.29 is 9.53 Å². The molecule has 0 radical (unpaired) electrons. The molecule has 162 valence electrons. The van der Waals surface area contributed by atoms with Gasteiger partial charge in [-0.2, -0.15) is 0 Å². The zero-order valence-corrected chi connectivity index (χ0v) is 18.5. The van der Waals surface area contributed by atoms with E-state index in [4.69, 9.17) is 9.72 Å². The standard InChI is InChI=1S/C25H30N4O2/c1-16-26-21-13-20(24(30)29(2)11-6-12-31-3)19-9-10-25(28-22(19)23(21)27-16)14-17-7-4-5-8-18(17)15-25/h4-5,7-8,13,28H,6,9-12,14-15H2,1-3H3,(H,26,27). The number of ether oxygens (including phenoxy) is 1. The van der Waals surface area contributed by atoms with Gasteiger partial charge in [-0.25, -0.2) is 4.98 Å². The van der Waals surface area contributed by atoms with E-state index in [0.29, 0.717) is 13.2 Å². The fourth-order valence-corrected chi connectivity index (χ4v) is 5.30. The number of aromatic amines is 1. The Kier molecular flexibility index (Phi) is 4.97. The topological polar surface area (TPSA) is 70.2 Å². The van der Waals surface area contributed by atoms with Crippen molar-refractivity contribution in [3.8, 4) is 0 Å². The number of H-pyrrole nitrogens is 1. The van der Waals surface area contributed by atoms with Crippen molar-refractivity contribution >= 4 is 22.6 Å². The molecule has 1 aliphatic heterocycles. The number of carbonyl (C=O) groups is 1. The van der Waals surface area contributed by atoms with E-state index in [-0.39, 0.29) is 11.4 Å². The summed E-state index contributed by atoms with van der Waals surface area (Å²) in [6.07, 6.45) is 4.75. The highest BCUT2D eigenvalue weighted by atomic mass is 16.5. The van der Waals surface area contributed by atoms with E-state index in [1.54, 1.807) is 12.0 Å². The predicted octanol–water partition coefficient (Wildman–Crippen LogP) is 3.88. The average molecular weight is 419 g/mol. The molecule has 2 aromatic carbocycles. The van der Waals surface area contributed by atoms with Crippen molar-refractivity contribution in [3.05, 3.63) is 58.4 Å². The minimum Gasteiger partial charge on any atom is -0.385 e. The van der Waals surface area contributed by atoms with Crippen molar-refractivity contribution in [1.29, 1.82) is 0 Å². The van der Waals surface area contributed by atoms with Gasteiger partial charge in [0.2, 0.25) is 0 Å². The van der Waals surface area contributed by atoms with Crippen LogP contribution in [0.25, 0.3) is 11.0 Å². The third-order valence-corrected chi connectivity index (χ3v) is 6.84. The highest BCUT2D eigenvalue weighted by Gasteiger charge is 2.41. The van der Waals surface area contributed by atoms with Crippen molar-refractivity contribution in [2.45, 2.75) is 44.6 Å². The Morgan fingerprint density at radius 2 is 2.00 bits per heavy atom. The maximum atomic E-state index is 13.4. The number of fused-ring (bicyclic) bond motifs is 4. The second-order valence-electron chi connectivity index (χ2n) is 9.10. The average Bonchev–Trinajstić information content (AvgIpc) is 3.31. The molecule has 1 aromatic heterocycles. The molecule has 2 heterocycles. The van der Waals surface area contributed by atoms with Gasteiger partial charge in [-0.15, -0.1) is 0 Å². The quantitative estimate of drug-likeness (QED) is 0.617. The summed E-state index contributed by atoms with van der Waals surface area (Å²) in [5.74, 6) is 0.931. The number of methoxy groups -OCH3 is 1. The summed E-state index contributed by atoms with van der Waals surface area (Å²) in [5, 5.41) is 3.89. The molecule has 1 amide bonds. The van der Waals surface area contributed by atoms with Crippen LogP contribution in [0.4, 0.5) is 5.69 Å². The van der Waals surface area contributed by atoms with Crippen LogP contribution >= 0.6 is 0 Å². The molecule has 31 heavy (non-hydrogen) atoms. The van der Waals surface area contributed by atoms with Crippen LogP contribution in [0.2, 0.25) is 0 Å². The van der Waals surface area contributed by atoms with Crippen molar-refractivity contribution in [2.24, 2.45) is 0 Å². The number of nitrogens with zero attached hydrogens (tertiary/aromatic N) is 2. The molecule has 0 fully saturated rings. The first-order valence-corrected chi connectivity index (χ1v) is 11.1. The van der Waals surface area contributed by atoms with E-state index < -0.39 is 0 Å². The lowest BCUT2D eigenvalue weighted by Gasteiger charge is -2.38. The first kappa shape index (κ1) is 20.1.